The molecule has 0 bridgehead atoms. The Morgan fingerprint density at radius 2 is 2.05 bits per heavy atom. The highest BCUT2D eigenvalue weighted by molar-refractivity contribution is 7.99. The summed E-state index contributed by atoms with van der Waals surface area (Å²) in [7, 11) is 1.81. The van der Waals surface area contributed by atoms with Gasteiger partial charge in [0.25, 0.3) is 0 Å². The van der Waals surface area contributed by atoms with Gasteiger partial charge in [-0.15, -0.1) is 0 Å². The smallest absolute Gasteiger partial charge is 0.191 e. The van der Waals surface area contributed by atoms with Crippen LogP contribution in [0, 0.1) is 11.8 Å². The van der Waals surface area contributed by atoms with Gasteiger partial charge in [-0.25, -0.2) is 0 Å². The lowest BCUT2D eigenvalue weighted by atomic mass is 9.78. The summed E-state index contributed by atoms with van der Waals surface area (Å²) in [5, 5.41) is 17.3. The number of nitrogens with zero attached hydrogens (tertiary/aromatic N) is 1. The predicted molar refractivity (Wildman–Crippen MR) is 96.6 cm³/mol. The molecular formula is C17H33N3OS. The van der Waals surface area contributed by atoms with Gasteiger partial charge >= 0.3 is 0 Å². The lowest BCUT2D eigenvalue weighted by Gasteiger charge is -2.33. The molecule has 5 heteroatoms. The second-order valence-corrected chi connectivity index (χ2v) is 8.25. The monoisotopic (exact) mass is 327 g/mol. The minimum atomic E-state index is -0.569. The largest absolute Gasteiger partial charge is 0.387 e. The molecule has 0 amide bonds. The minimum Gasteiger partial charge on any atom is -0.387 e. The second kappa shape index (κ2) is 8.44. The molecule has 0 spiro atoms. The molecule has 2 rings (SSSR count). The van der Waals surface area contributed by atoms with Gasteiger partial charge in [-0.1, -0.05) is 39.0 Å². The molecule has 1 aliphatic heterocycles. The Balaban J connectivity index is 1.78. The Kier molecular flexibility index (Phi) is 6.87. The van der Waals surface area contributed by atoms with Crippen molar-refractivity contribution in [2.24, 2.45) is 16.8 Å². The van der Waals surface area contributed by atoms with Crippen LogP contribution in [-0.4, -0.2) is 47.8 Å². The molecule has 3 N–H and O–H groups in total. The fourth-order valence-electron chi connectivity index (χ4n) is 3.59. The minimum absolute atomic E-state index is 0.405. The number of hydrogen-bond acceptors (Lipinski definition) is 3. The predicted octanol–water partition coefficient (Wildman–Crippen LogP) is 2.62. The SMILES string of the molecule is CN=C(NCC1(O)CCSC1)NC(C)C(C)C1CCCCC1. The molecule has 0 aromatic rings. The van der Waals surface area contributed by atoms with Gasteiger partial charge in [0, 0.05) is 25.4 Å². The summed E-state index contributed by atoms with van der Waals surface area (Å²) in [6.45, 7) is 5.21. The maximum Gasteiger partial charge on any atom is 0.191 e. The number of aliphatic hydroxyl groups is 1. The van der Waals surface area contributed by atoms with E-state index in [1.165, 1.54) is 32.1 Å². The van der Waals surface area contributed by atoms with E-state index in [-0.39, 0.29) is 0 Å². The summed E-state index contributed by atoms with van der Waals surface area (Å²) in [6, 6.07) is 0.405. The van der Waals surface area contributed by atoms with Crippen molar-refractivity contribution in [3.8, 4) is 0 Å². The van der Waals surface area contributed by atoms with Gasteiger partial charge in [0.15, 0.2) is 5.96 Å². The standard InChI is InChI=1S/C17H33N3OS/c1-13(15-7-5-4-6-8-15)14(2)20-16(18-3)19-11-17(21)9-10-22-12-17/h13-15,21H,4-12H2,1-3H3,(H2,18,19,20). The van der Waals surface area contributed by atoms with Crippen molar-refractivity contribution in [1.29, 1.82) is 0 Å². The van der Waals surface area contributed by atoms with Crippen LogP contribution in [0.25, 0.3) is 0 Å². The number of aliphatic imine (C=N–C) groups is 1. The molecular weight excluding hydrogens is 294 g/mol. The lowest BCUT2D eigenvalue weighted by molar-refractivity contribution is 0.0723. The summed E-state index contributed by atoms with van der Waals surface area (Å²) >= 11 is 1.83. The van der Waals surface area contributed by atoms with Crippen LogP contribution in [0.1, 0.15) is 52.4 Å². The van der Waals surface area contributed by atoms with Gasteiger partial charge in [-0.05, 0) is 30.9 Å². The van der Waals surface area contributed by atoms with Crippen LogP contribution >= 0.6 is 11.8 Å². The van der Waals surface area contributed by atoms with Gasteiger partial charge in [0.2, 0.25) is 0 Å². The van der Waals surface area contributed by atoms with Gasteiger partial charge < -0.3 is 15.7 Å². The van der Waals surface area contributed by atoms with E-state index in [1.807, 2.05) is 11.8 Å². The second-order valence-electron chi connectivity index (χ2n) is 7.14. The van der Waals surface area contributed by atoms with E-state index in [9.17, 15) is 5.11 Å². The lowest BCUT2D eigenvalue weighted by Crippen LogP contribution is -2.51. The molecule has 3 unspecified atom stereocenters. The fraction of sp³-hybridized carbons (Fsp3) is 0.941. The number of nitrogens with one attached hydrogen (secondary N) is 2. The average Bonchev–Trinajstić information content (AvgIpc) is 2.98. The number of hydrogen-bond donors (Lipinski definition) is 3. The summed E-state index contributed by atoms with van der Waals surface area (Å²) in [5.41, 5.74) is -0.569. The van der Waals surface area contributed by atoms with E-state index in [0.717, 1.165) is 29.8 Å². The van der Waals surface area contributed by atoms with Gasteiger partial charge in [0.05, 0.1) is 5.60 Å². The molecule has 2 fully saturated rings. The third-order valence-electron chi connectivity index (χ3n) is 5.44. The molecule has 22 heavy (non-hydrogen) atoms. The summed E-state index contributed by atoms with van der Waals surface area (Å²) in [6.07, 6.45) is 7.80. The van der Waals surface area contributed by atoms with Crippen LogP contribution in [0.3, 0.4) is 0 Å². The summed E-state index contributed by atoms with van der Waals surface area (Å²) in [5.74, 6) is 4.19. The number of guanidine groups is 1. The van der Waals surface area contributed by atoms with Crippen LogP contribution in [0.15, 0.2) is 4.99 Å². The Hall–Kier alpha value is -0.420. The topological polar surface area (TPSA) is 56.7 Å². The van der Waals surface area contributed by atoms with E-state index in [0.29, 0.717) is 18.5 Å². The molecule has 2 aliphatic rings. The summed E-state index contributed by atoms with van der Waals surface area (Å²) in [4.78, 5) is 4.32. The van der Waals surface area contributed by atoms with Crippen molar-refractivity contribution in [3.05, 3.63) is 0 Å². The molecule has 0 aromatic heterocycles. The average molecular weight is 328 g/mol. The van der Waals surface area contributed by atoms with Crippen LogP contribution in [0.5, 0.6) is 0 Å². The molecule has 3 atom stereocenters. The van der Waals surface area contributed by atoms with Crippen LogP contribution in [0.2, 0.25) is 0 Å². The van der Waals surface area contributed by atoms with Crippen molar-refractivity contribution in [2.75, 3.05) is 25.1 Å². The Morgan fingerprint density at radius 1 is 1.32 bits per heavy atom. The van der Waals surface area contributed by atoms with E-state index >= 15 is 0 Å². The zero-order valence-corrected chi connectivity index (χ0v) is 15.2. The maximum atomic E-state index is 10.4. The van der Waals surface area contributed by atoms with E-state index in [4.69, 9.17) is 0 Å². The Bertz CT molecular complexity index is 363. The third-order valence-corrected chi connectivity index (χ3v) is 6.67. The van der Waals surface area contributed by atoms with E-state index in [2.05, 4.69) is 29.5 Å². The molecule has 0 aromatic carbocycles. The third kappa shape index (κ3) is 5.05. The fourth-order valence-corrected chi connectivity index (χ4v) is 4.89. The van der Waals surface area contributed by atoms with E-state index < -0.39 is 5.60 Å². The van der Waals surface area contributed by atoms with Crippen molar-refractivity contribution in [1.82, 2.24) is 10.6 Å². The first-order valence-corrected chi connectivity index (χ1v) is 9.97. The molecule has 1 heterocycles. The van der Waals surface area contributed by atoms with Crippen molar-refractivity contribution in [2.45, 2.75) is 64.0 Å². The van der Waals surface area contributed by atoms with Gasteiger partial charge in [-0.3, -0.25) is 4.99 Å². The van der Waals surface area contributed by atoms with Crippen LogP contribution < -0.4 is 10.6 Å². The van der Waals surface area contributed by atoms with Crippen molar-refractivity contribution in [3.63, 3.8) is 0 Å². The molecule has 1 saturated carbocycles. The maximum absolute atomic E-state index is 10.4. The number of rotatable bonds is 5. The quantitative estimate of drug-likeness (QED) is 0.537. The highest BCUT2D eigenvalue weighted by Crippen LogP contribution is 2.31. The van der Waals surface area contributed by atoms with Gasteiger partial charge in [0.1, 0.15) is 0 Å². The van der Waals surface area contributed by atoms with Crippen LogP contribution in [0.4, 0.5) is 0 Å². The first kappa shape index (κ1) is 17.9. The first-order chi connectivity index (χ1) is 10.5. The van der Waals surface area contributed by atoms with Gasteiger partial charge in [-0.2, -0.15) is 11.8 Å². The zero-order chi connectivity index (χ0) is 16.0. The van der Waals surface area contributed by atoms with Crippen molar-refractivity contribution >= 4 is 17.7 Å². The van der Waals surface area contributed by atoms with Crippen molar-refractivity contribution < 1.29 is 5.11 Å². The molecule has 1 aliphatic carbocycles. The van der Waals surface area contributed by atoms with E-state index in [1.54, 1.807) is 7.05 Å². The highest BCUT2D eigenvalue weighted by Gasteiger charge is 2.32. The molecule has 1 saturated heterocycles. The summed E-state index contributed by atoms with van der Waals surface area (Å²) < 4.78 is 0. The zero-order valence-electron chi connectivity index (χ0n) is 14.4. The number of thioether (sulfide) groups is 1. The molecule has 128 valence electrons. The first-order valence-electron chi connectivity index (χ1n) is 8.81. The Labute approximate surface area is 139 Å². The normalized spacial score (nSPS) is 30.1. The molecule has 0 radical (unpaired) electrons. The molecule has 4 nitrogen and oxygen atoms in total. The highest BCUT2D eigenvalue weighted by atomic mass is 32.2. The Morgan fingerprint density at radius 3 is 2.64 bits per heavy atom. The van der Waals surface area contributed by atoms with Crippen LogP contribution in [-0.2, 0) is 0 Å².